The van der Waals surface area contributed by atoms with Crippen LogP contribution in [0.1, 0.15) is 15.9 Å². The van der Waals surface area contributed by atoms with Crippen molar-refractivity contribution in [3.05, 3.63) is 105 Å². The Morgan fingerprint density at radius 3 is 2.53 bits per heavy atom. The van der Waals surface area contributed by atoms with Crippen molar-refractivity contribution in [2.24, 2.45) is 0 Å². The molecule has 4 aromatic rings. The fourth-order valence-electron chi connectivity index (χ4n) is 2.90. The summed E-state index contributed by atoms with van der Waals surface area (Å²) in [6.45, 7) is 0.600. The van der Waals surface area contributed by atoms with Crippen LogP contribution in [0.5, 0.6) is 11.5 Å². The summed E-state index contributed by atoms with van der Waals surface area (Å²) in [6, 6.07) is 22.5. The first kappa shape index (κ1) is 22.1. The number of carbonyl (C=O) groups is 1. The van der Waals surface area contributed by atoms with E-state index in [2.05, 4.69) is 42.3 Å². The van der Waals surface area contributed by atoms with Crippen LogP contribution in [0.4, 0.5) is 5.69 Å². The van der Waals surface area contributed by atoms with Crippen LogP contribution in [0, 0.1) is 0 Å². The number of carbonyl (C=O) groups excluding carboxylic acids is 1. The summed E-state index contributed by atoms with van der Waals surface area (Å²) in [7, 11) is 0. The smallest absolute Gasteiger partial charge is 0.255 e. The summed E-state index contributed by atoms with van der Waals surface area (Å²) in [4.78, 5) is 12.7. The number of anilines is 1. The van der Waals surface area contributed by atoms with Crippen LogP contribution in [0.15, 0.2) is 94.1 Å². The minimum atomic E-state index is -0.220. The molecule has 0 atom stereocenters. The van der Waals surface area contributed by atoms with Crippen molar-refractivity contribution in [1.29, 1.82) is 0 Å². The second-order valence-electron chi connectivity index (χ2n) is 6.90. The summed E-state index contributed by atoms with van der Waals surface area (Å²) in [5, 5.41) is 7.09. The lowest BCUT2D eigenvalue weighted by Crippen LogP contribution is -2.12. The molecule has 0 unspecified atom stereocenters. The summed E-state index contributed by atoms with van der Waals surface area (Å²) in [5.74, 6) is 1.27. The first-order valence-electron chi connectivity index (χ1n) is 9.75. The van der Waals surface area contributed by atoms with Gasteiger partial charge in [-0.2, -0.15) is 5.10 Å². The summed E-state index contributed by atoms with van der Waals surface area (Å²) in [5.41, 5.74) is 2.03. The number of halogens is 2. The maximum Gasteiger partial charge on any atom is 0.255 e. The van der Waals surface area contributed by atoms with Crippen molar-refractivity contribution in [2.75, 3.05) is 5.32 Å². The molecule has 0 bridgehead atoms. The lowest BCUT2D eigenvalue weighted by molar-refractivity contribution is 0.102. The van der Waals surface area contributed by atoms with Crippen LogP contribution in [-0.4, -0.2) is 15.7 Å². The van der Waals surface area contributed by atoms with E-state index in [0.717, 1.165) is 26.0 Å². The van der Waals surface area contributed by atoms with Crippen molar-refractivity contribution in [3.8, 4) is 11.5 Å². The van der Waals surface area contributed by atoms with Gasteiger partial charge in [-0.25, -0.2) is 4.68 Å². The molecule has 6 nitrogen and oxygen atoms in total. The Morgan fingerprint density at radius 2 is 1.72 bits per heavy atom. The molecule has 0 saturated heterocycles. The van der Waals surface area contributed by atoms with Gasteiger partial charge in [0.25, 0.3) is 5.91 Å². The van der Waals surface area contributed by atoms with Crippen LogP contribution in [0.2, 0.25) is 0 Å². The van der Waals surface area contributed by atoms with E-state index in [1.165, 1.54) is 0 Å². The molecule has 1 amide bonds. The molecule has 32 heavy (non-hydrogen) atoms. The number of hydrogen-bond acceptors (Lipinski definition) is 4. The van der Waals surface area contributed by atoms with Crippen molar-refractivity contribution < 1.29 is 14.3 Å². The zero-order valence-electron chi connectivity index (χ0n) is 16.9. The molecule has 8 heteroatoms. The first-order chi connectivity index (χ1) is 15.5. The van der Waals surface area contributed by atoms with Crippen LogP contribution < -0.4 is 14.8 Å². The van der Waals surface area contributed by atoms with E-state index < -0.39 is 0 Å². The third kappa shape index (κ3) is 6.21. The zero-order chi connectivity index (χ0) is 22.3. The van der Waals surface area contributed by atoms with E-state index >= 15 is 0 Å². The van der Waals surface area contributed by atoms with Crippen molar-refractivity contribution >= 4 is 43.5 Å². The van der Waals surface area contributed by atoms with Crippen LogP contribution in [0.3, 0.4) is 0 Å². The fourth-order valence-corrected chi connectivity index (χ4v) is 3.54. The molecule has 0 aliphatic heterocycles. The molecule has 0 aliphatic carbocycles. The summed E-state index contributed by atoms with van der Waals surface area (Å²) < 4.78 is 15.0. The van der Waals surface area contributed by atoms with E-state index in [1.807, 2.05) is 66.7 Å². The Labute approximate surface area is 202 Å². The molecule has 1 heterocycles. The summed E-state index contributed by atoms with van der Waals surface area (Å²) >= 11 is 6.82. The number of ether oxygens (including phenoxy) is 2. The highest BCUT2D eigenvalue weighted by atomic mass is 79.9. The van der Waals surface area contributed by atoms with Crippen molar-refractivity contribution in [2.45, 2.75) is 13.3 Å². The molecular weight excluding hydrogens is 538 g/mol. The predicted octanol–water partition coefficient (Wildman–Crippen LogP) is 6.28. The number of nitrogens with zero attached hydrogens (tertiary/aromatic N) is 2. The molecule has 1 aromatic heterocycles. The molecule has 3 aromatic carbocycles. The second kappa shape index (κ2) is 10.5. The van der Waals surface area contributed by atoms with Gasteiger partial charge in [0.1, 0.15) is 18.1 Å². The van der Waals surface area contributed by atoms with Crippen molar-refractivity contribution in [1.82, 2.24) is 9.78 Å². The number of nitrogens with one attached hydrogen (secondary N) is 1. The van der Waals surface area contributed by atoms with Crippen LogP contribution in [0.25, 0.3) is 0 Å². The molecule has 0 aliphatic rings. The molecule has 0 spiro atoms. The van der Waals surface area contributed by atoms with Gasteiger partial charge in [0.05, 0.1) is 18.1 Å². The Kier molecular flexibility index (Phi) is 7.24. The Hall–Kier alpha value is -3.10. The van der Waals surface area contributed by atoms with Gasteiger partial charge in [-0.3, -0.25) is 4.79 Å². The Balaban J connectivity index is 1.32. The lowest BCUT2D eigenvalue weighted by Gasteiger charge is -2.08. The SMILES string of the molecule is O=C(Nc1cnn(COc2ccc(Br)cc2)c1)c1cccc(COc2cccc(Br)c2)c1. The van der Waals surface area contributed by atoms with E-state index in [9.17, 15) is 4.79 Å². The van der Waals surface area contributed by atoms with Gasteiger partial charge in [0.2, 0.25) is 0 Å². The minimum absolute atomic E-state index is 0.220. The molecule has 162 valence electrons. The van der Waals surface area contributed by atoms with Gasteiger partial charge < -0.3 is 14.8 Å². The molecule has 0 fully saturated rings. The highest BCUT2D eigenvalue weighted by Gasteiger charge is 2.09. The topological polar surface area (TPSA) is 65.4 Å². The van der Waals surface area contributed by atoms with Crippen LogP contribution >= 0.6 is 31.9 Å². The van der Waals surface area contributed by atoms with Gasteiger partial charge in [-0.15, -0.1) is 0 Å². The average Bonchev–Trinajstić information content (AvgIpc) is 3.25. The van der Waals surface area contributed by atoms with Gasteiger partial charge in [-0.05, 0) is 60.2 Å². The van der Waals surface area contributed by atoms with E-state index in [4.69, 9.17) is 9.47 Å². The molecule has 0 radical (unpaired) electrons. The van der Waals surface area contributed by atoms with Gasteiger partial charge in [-0.1, -0.05) is 50.1 Å². The van der Waals surface area contributed by atoms with Gasteiger partial charge in [0, 0.05) is 14.5 Å². The highest BCUT2D eigenvalue weighted by molar-refractivity contribution is 9.10. The standard InChI is InChI=1S/C24H19Br2N3O3/c25-19-7-9-22(10-8-19)32-16-29-14-21(13-27-29)28-24(30)18-4-1-3-17(11-18)15-31-23-6-2-5-20(26)12-23/h1-14H,15-16H2,(H,28,30). The first-order valence-corrected chi connectivity index (χ1v) is 11.3. The molecule has 0 saturated carbocycles. The predicted molar refractivity (Wildman–Crippen MR) is 130 cm³/mol. The normalized spacial score (nSPS) is 10.6. The minimum Gasteiger partial charge on any atom is -0.489 e. The zero-order valence-corrected chi connectivity index (χ0v) is 20.0. The third-order valence-corrected chi connectivity index (χ3v) is 5.48. The second-order valence-corrected chi connectivity index (χ2v) is 8.73. The molecule has 4 rings (SSSR count). The van der Waals surface area contributed by atoms with Gasteiger partial charge >= 0.3 is 0 Å². The maximum atomic E-state index is 12.7. The monoisotopic (exact) mass is 555 g/mol. The van der Waals surface area contributed by atoms with E-state index in [0.29, 0.717) is 17.9 Å². The highest BCUT2D eigenvalue weighted by Crippen LogP contribution is 2.20. The number of amides is 1. The quantitative estimate of drug-likeness (QED) is 0.277. The Morgan fingerprint density at radius 1 is 0.906 bits per heavy atom. The maximum absolute atomic E-state index is 12.7. The van der Waals surface area contributed by atoms with Crippen LogP contribution in [-0.2, 0) is 13.3 Å². The third-order valence-electron chi connectivity index (χ3n) is 4.46. The molecule has 1 N–H and O–H groups in total. The molecular formula is C24H19Br2N3O3. The largest absolute Gasteiger partial charge is 0.489 e. The number of benzene rings is 3. The van der Waals surface area contributed by atoms with Gasteiger partial charge in [0.15, 0.2) is 6.73 Å². The van der Waals surface area contributed by atoms with E-state index in [1.54, 1.807) is 23.1 Å². The summed E-state index contributed by atoms with van der Waals surface area (Å²) in [6.07, 6.45) is 3.31. The fraction of sp³-hybridized carbons (Fsp3) is 0.0833. The Bertz CT molecular complexity index is 1210. The number of aromatic nitrogens is 2. The van der Waals surface area contributed by atoms with E-state index in [-0.39, 0.29) is 12.6 Å². The number of rotatable bonds is 8. The average molecular weight is 557 g/mol. The van der Waals surface area contributed by atoms with Crippen molar-refractivity contribution in [3.63, 3.8) is 0 Å². The number of hydrogen-bond donors (Lipinski definition) is 1. The lowest BCUT2D eigenvalue weighted by atomic mass is 10.1.